The number of aromatic nitrogens is 2. The molecule has 0 bridgehead atoms. The van der Waals surface area contributed by atoms with Crippen LogP contribution in [0.2, 0.25) is 0 Å². The average Bonchev–Trinajstić information content (AvgIpc) is 3.42. The number of H-pyrrole nitrogens is 1. The summed E-state index contributed by atoms with van der Waals surface area (Å²) in [6.07, 6.45) is 2.21. The Labute approximate surface area is 164 Å². The summed E-state index contributed by atoms with van der Waals surface area (Å²) in [5.74, 6) is 0.582. The van der Waals surface area contributed by atoms with Gasteiger partial charge in [-0.3, -0.25) is 9.89 Å². The molecule has 0 aliphatic carbocycles. The minimum absolute atomic E-state index is 0.145. The number of ether oxygens (including phenoxy) is 1. The molecule has 6 nitrogen and oxygen atoms in total. The molecule has 3 aromatic rings. The predicted octanol–water partition coefficient (Wildman–Crippen LogP) is 3.48. The predicted molar refractivity (Wildman–Crippen MR) is 110 cm³/mol. The molecule has 2 heterocycles. The van der Waals surface area contributed by atoms with E-state index in [2.05, 4.69) is 32.5 Å². The van der Waals surface area contributed by atoms with E-state index < -0.39 is 0 Å². The van der Waals surface area contributed by atoms with Crippen LogP contribution < -0.4 is 15.0 Å². The number of anilines is 1. The fourth-order valence-corrected chi connectivity index (χ4v) is 3.75. The number of hydrogen-bond donors (Lipinski definition) is 2. The van der Waals surface area contributed by atoms with Gasteiger partial charge in [0.2, 0.25) is 0 Å². The highest BCUT2D eigenvalue weighted by molar-refractivity contribution is 5.93. The van der Waals surface area contributed by atoms with E-state index >= 15 is 0 Å². The second-order valence-electron chi connectivity index (χ2n) is 6.90. The number of amides is 1. The Morgan fingerprint density at radius 2 is 2.00 bits per heavy atom. The number of carbonyl (C=O) groups excluding carboxylic acids is 1. The van der Waals surface area contributed by atoms with Gasteiger partial charge in [-0.25, -0.2) is 0 Å². The standard InChI is InChI=1S/C22H24N4O2/c1-28-21-12-6-5-11-18(21)19-14-20(25-24-19)22(27)23-15-17-10-7-13-26(17)16-8-3-2-4-9-16/h2-6,8-9,11-12,14,17H,7,10,13,15H2,1H3,(H,23,27)(H,24,25). The first-order valence-electron chi connectivity index (χ1n) is 9.55. The minimum atomic E-state index is -0.145. The van der Waals surface area contributed by atoms with E-state index in [4.69, 9.17) is 4.74 Å². The molecule has 1 amide bonds. The second kappa shape index (κ2) is 8.17. The zero-order valence-corrected chi connectivity index (χ0v) is 15.9. The average molecular weight is 376 g/mol. The van der Waals surface area contributed by atoms with Crippen molar-refractivity contribution in [1.82, 2.24) is 15.5 Å². The number of para-hydroxylation sites is 2. The second-order valence-corrected chi connectivity index (χ2v) is 6.90. The van der Waals surface area contributed by atoms with Crippen molar-refractivity contribution in [3.8, 4) is 17.0 Å². The molecule has 144 valence electrons. The van der Waals surface area contributed by atoms with E-state index in [1.165, 1.54) is 5.69 Å². The van der Waals surface area contributed by atoms with Crippen LogP contribution in [0.3, 0.4) is 0 Å². The first-order chi connectivity index (χ1) is 13.8. The summed E-state index contributed by atoms with van der Waals surface area (Å²) in [5, 5.41) is 10.2. The van der Waals surface area contributed by atoms with E-state index in [9.17, 15) is 4.79 Å². The third-order valence-corrected chi connectivity index (χ3v) is 5.17. The molecule has 28 heavy (non-hydrogen) atoms. The SMILES string of the molecule is COc1ccccc1-c1cc(C(=O)NCC2CCCN2c2ccccc2)[nH]n1. The van der Waals surface area contributed by atoms with Crippen molar-refractivity contribution < 1.29 is 9.53 Å². The number of rotatable bonds is 6. The number of carbonyl (C=O) groups is 1. The van der Waals surface area contributed by atoms with Crippen LogP contribution >= 0.6 is 0 Å². The molecule has 1 atom stereocenters. The number of aromatic amines is 1. The number of methoxy groups -OCH3 is 1. The third-order valence-electron chi connectivity index (χ3n) is 5.17. The summed E-state index contributed by atoms with van der Waals surface area (Å²) in [6, 6.07) is 20.1. The summed E-state index contributed by atoms with van der Waals surface area (Å²) in [4.78, 5) is 15.0. The smallest absolute Gasteiger partial charge is 0.269 e. The van der Waals surface area contributed by atoms with Crippen molar-refractivity contribution >= 4 is 11.6 Å². The fraction of sp³-hybridized carbons (Fsp3) is 0.273. The van der Waals surface area contributed by atoms with Gasteiger partial charge in [0.25, 0.3) is 5.91 Å². The van der Waals surface area contributed by atoms with Crippen LogP contribution in [0.5, 0.6) is 5.75 Å². The maximum absolute atomic E-state index is 12.6. The highest BCUT2D eigenvalue weighted by Gasteiger charge is 2.25. The van der Waals surface area contributed by atoms with Gasteiger partial charge < -0.3 is 15.0 Å². The van der Waals surface area contributed by atoms with Gasteiger partial charge in [-0.15, -0.1) is 0 Å². The molecular weight excluding hydrogens is 352 g/mol. The molecular formula is C22H24N4O2. The highest BCUT2D eigenvalue weighted by Crippen LogP contribution is 2.28. The van der Waals surface area contributed by atoms with E-state index in [1.54, 1.807) is 13.2 Å². The van der Waals surface area contributed by atoms with Crippen LogP contribution in [0.4, 0.5) is 5.69 Å². The zero-order valence-electron chi connectivity index (χ0n) is 15.9. The van der Waals surface area contributed by atoms with Crippen LogP contribution in [0.25, 0.3) is 11.3 Å². The summed E-state index contributed by atoms with van der Waals surface area (Å²) in [5.41, 5.74) is 3.20. The Morgan fingerprint density at radius 3 is 2.82 bits per heavy atom. The normalized spacial score (nSPS) is 16.2. The molecule has 0 radical (unpaired) electrons. The van der Waals surface area contributed by atoms with Crippen LogP contribution in [0.15, 0.2) is 60.7 Å². The van der Waals surface area contributed by atoms with Crippen molar-refractivity contribution in [3.05, 3.63) is 66.4 Å². The number of nitrogens with zero attached hydrogens (tertiary/aromatic N) is 2. The molecule has 1 unspecified atom stereocenters. The van der Waals surface area contributed by atoms with Gasteiger partial charge in [-0.1, -0.05) is 30.3 Å². The van der Waals surface area contributed by atoms with Gasteiger partial charge in [-0.2, -0.15) is 5.10 Å². The van der Waals surface area contributed by atoms with Crippen LogP contribution in [0, 0.1) is 0 Å². The van der Waals surface area contributed by atoms with E-state index in [0.717, 1.165) is 30.7 Å². The van der Waals surface area contributed by atoms with Crippen molar-refractivity contribution in [2.45, 2.75) is 18.9 Å². The number of hydrogen-bond acceptors (Lipinski definition) is 4. The lowest BCUT2D eigenvalue weighted by Gasteiger charge is -2.27. The Bertz CT molecular complexity index is 938. The lowest BCUT2D eigenvalue weighted by molar-refractivity contribution is 0.0946. The molecule has 1 aromatic heterocycles. The molecule has 0 spiro atoms. The van der Waals surface area contributed by atoms with Crippen LogP contribution in [-0.4, -0.2) is 42.3 Å². The van der Waals surface area contributed by atoms with Crippen LogP contribution in [0.1, 0.15) is 23.3 Å². The van der Waals surface area contributed by atoms with Crippen molar-refractivity contribution in [2.24, 2.45) is 0 Å². The van der Waals surface area contributed by atoms with Gasteiger partial charge in [-0.05, 0) is 43.2 Å². The van der Waals surface area contributed by atoms with Gasteiger partial charge in [0.15, 0.2) is 0 Å². The van der Waals surface area contributed by atoms with Crippen molar-refractivity contribution in [3.63, 3.8) is 0 Å². The molecule has 2 aromatic carbocycles. The summed E-state index contributed by atoms with van der Waals surface area (Å²) in [7, 11) is 1.62. The molecule has 1 aliphatic heterocycles. The molecule has 1 saturated heterocycles. The zero-order chi connectivity index (χ0) is 19.3. The molecule has 2 N–H and O–H groups in total. The first-order valence-corrected chi connectivity index (χ1v) is 9.55. The van der Waals surface area contributed by atoms with Crippen molar-refractivity contribution in [1.29, 1.82) is 0 Å². The molecule has 4 rings (SSSR count). The Balaban J connectivity index is 1.41. The third kappa shape index (κ3) is 3.71. The molecule has 1 fully saturated rings. The Hall–Kier alpha value is -3.28. The van der Waals surface area contributed by atoms with E-state index in [0.29, 0.717) is 24.0 Å². The minimum Gasteiger partial charge on any atom is -0.496 e. The topological polar surface area (TPSA) is 70.2 Å². The monoisotopic (exact) mass is 376 g/mol. The lowest BCUT2D eigenvalue weighted by Crippen LogP contribution is -2.40. The summed E-state index contributed by atoms with van der Waals surface area (Å²) < 4.78 is 5.38. The molecule has 0 saturated carbocycles. The maximum Gasteiger partial charge on any atom is 0.269 e. The number of benzene rings is 2. The van der Waals surface area contributed by atoms with Gasteiger partial charge in [0, 0.05) is 30.4 Å². The van der Waals surface area contributed by atoms with Gasteiger partial charge >= 0.3 is 0 Å². The quantitative estimate of drug-likeness (QED) is 0.691. The lowest BCUT2D eigenvalue weighted by atomic mass is 10.1. The van der Waals surface area contributed by atoms with Crippen molar-refractivity contribution in [2.75, 3.05) is 25.1 Å². The summed E-state index contributed by atoms with van der Waals surface area (Å²) in [6.45, 7) is 1.63. The fourth-order valence-electron chi connectivity index (χ4n) is 3.75. The Kier molecular flexibility index (Phi) is 5.28. The largest absolute Gasteiger partial charge is 0.496 e. The Morgan fingerprint density at radius 1 is 1.21 bits per heavy atom. The van der Waals surface area contributed by atoms with Gasteiger partial charge in [0.05, 0.1) is 12.8 Å². The molecule has 6 heteroatoms. The highest BCUT2D eigenvalue weighted by atomic mass is 16.5. The molecule has 1 aliphatic rings. The first kappa shape index (κ1) is 18.1. The maximum atomic E-state index is 12.6. The van der Waals surface area contributed by atoms with Gasteiger partial charge in [0.1, 0.15) is 11.4 Å². The summed E-state index contributed by atoms with van der Waals surface area (Å²) >= 11 is 0. The van der Waals surface area contributed by atoms with Crippen LogP contribution in [-0.2, 0) is 0 Å². The van der Waals surface area contributed by atoms with E-state index in [-0.39, 0.29) is 5.91 Å². The van der Waals surface area contributed by atoms with E-state index in [1.807, 2.05) is 42.5 Å². The number of nitrogens with one attached hydrogen (secondary N) is 2.